The first kappa shape index (κ1) is 30.5. The Labute approximate surface area is 232 Å². The molecule has 9 heteroatoms. The summed E-state index contributed by atoms with van der Waals surface area (Å²) in [4.78, 5) is 0. The van der Waals surface area contributed by atoms with Gasteiger partial charge in [-0.3, -0.25) is 0 Å². The summed E-state index contributed by atoms with van der Waals surface area (Å²) >= 11 is 0. The minimum Gasteiger partial charge on any atom is -0.490 e. The summed E-state index contributed by atoms with van der Waals surface area (Å²) in [6, 6.07) is 3.88. The summed E-state index contributed by atoms with van der Waals surface area (Å²) in [6.07, 6.45) is 5.16. The molecule has 0 saturated heterocycles. The van der Waals surface area contributed by atoms with Gasteiger partial charge in [-0.2, -0.15) is 17.6 Å². The van der Waals surface area contributed by atoms with Gasteiger partial charge in [0.15, 0.2) is 29.7 Å². The van der Waals surface area contributed by atoms with E-state index in [4.69, 9.17) is 9.47 Å². The van der Waals surface area contributed by atoms with Gasteiger partial charge in [0.05, 0.1) is 12.7 Å². The Balaban J connectivity index is 1.39. The highest BCUT2D eigenvalue weighted by molar-refractivity contribution is 5.67. The average molecular weight is 573 g/mol. The fraction of sp³-hybridized carbons (Fsp3) is 0.613. The Hall–Kier alpha value is -2.42. The van der Waals surface area contributed by atoms with Crippen LogP contribution in [0.3, 0.4) is 0 Å². The highest BCUT2D eigenvalue weighted by Crippen LogP contribution is 2.37. The average Bonchev–Trinajstić information content (AvgIpc) is 2.93. The molecule has 4 rings (SSSR count). The first-order valence-electron chi connectivity index (χ1n) is 14.4. The van der Waals surface area contributed by atoms with Gasteiger partial charge in [-0.15, -0.1) is 0 Å². The van der Waals surface area contributed by atoms with Gasteiger partial charge in [-0.05, 0) is 80.5 Å². The maximum Gasteiger partial charge on any atom is 0.422 e. The minimum atomic E-state index is -3.91. The molecule has 0 unspecified atom stereocenters. The van der Waals surface area contributed by atoms with Gasteiger partial charge in [0.25, 0.3) is 0 Å². The van der Waals surface area contributed by atoms with Gasteiger partial charge in [-0.1, -0.05) is 39.5 Å². The van der Waals surface area contributed by atoms with Crippen LogP contribution in [0.1, 0.15) is 78.1 Å². The fourth-order valence-corrected chi connectivity index (χ4v) is 5.77. The van der Waals surface area contributed by atoms with Crippen LogP contribution in [0.5, 0.6) is 11.5 Å². The van der Waals surface area contributed by atoms with Crippen molar-refractivity contribution >= 4 is 0 Å². The van der Waals surface area contributed by atoms with Crippen LogP contribution in [0.2, 0.25) is 0 Å². The lowest BCUT2D eigenvalue weighted by molar-refractivity contribution is -0.223. The Bertz CT molecular complexity index is 1120. The molecule has 0 atom stereocenters. The third-order valence-electron chi connectivity index (χ3n) is 8.23. The molecule has 3 nitrogen and oxygen atoms in total. The van der Waals surface area contributed by atoms with Crippen LogP contribution in [-0.2, 0) is 4.74 Å². The molecule has 0 aliphatic heterocycles. The number of hydrogen-bond acceptors (Lipinski definition) is 3. The van der Waals surface area contributed by atoms with Crippen molar-refractivity contribution in [1.82, 2.24) is 0 Å². The molecule has 2 aromatic rings. The maximum atomic E-state index is 14.9. The van der Waals surface area contributed by atoms with E-state index in [1.807, 2.05) is 0 Å². The highest BCUT2D eigenvalue weighted by atomic mass is 19.3. The molecular formula is C31H38F6O3. The predicted octanol–water partition coefficient (Wildman–Crippen LogP) is 9.46. The molecule has 0 bridgehead atoms. The van der Waals surface area contributed by atoms with Crippen molar-refractivity contribution in [3.05, 3.63) is 47.5 Å². The summed E-state index contributed by atoms with van der Waals surface area (Å²) in [7, 11) is 0. The zero-order valence-corrected chi connectivity index (χ0v) is 23.1. The van der Waals surface area contributed by atoms with E-state index in [2.05, 4.69) is 18.6 Å². The van der Waals surface area contributed by atoms with Crippen molar-refractivity contribution in [3.8, 4) is 22.6 Å². The topological polar surface area (TPSA) is 27.7 Å². The van der Waals surface area contributed by atoms with Crippen molar-refractivity contribution in [3.63, 3.8) is 0 Å². The molecule has 2 aromatic carbocycles. The SMILES string of the molecule is CCCC1CCC(COc2ccc(-c3ccc(OC(F)(F)COC4CCC(C)CC4)c(F)c3F)c(F)c2F)CC1. The molecule has 0 spiro atoms. The van der Waals surface area contributed by atoms with Crippen molar-refractivity contribution in [1.29, 1.82) is 0 Å². The lowest BCUT2D eigenvalue weighted by Gasteiger charge is -2.28. The monoisotopic (exact) mass is 572 g/mol. The Morgan fingerprint density at radius 3 is 1.88 bits per heavy atom. The highest BCUT2D eigenvalue weighted by Gasteiger charge is 2.36. The number of rotatable bonds is 11. The quantitative estimate of drug-likeness (QED) is 0.251. The Morgan fingerprint density at radius 2 is 1.27 bits per heavy atom. The van der Waals surface area contributed by atoms with E-state index in [0.717, 1.165) is 69.2 Å². The second-order valence-corrected chi connectivity index (χ2v) is 11.4. The molecule has 0 N–H and O–H groups in total. The van der Waals surface area contributed by atoms with E-state index in [1.54, 1.807) is 0 Å². The standard InChI is InChI=1S/C31H38F6O3/c1-3-4-20-7-9-21(10-8-20)17-38-25-15-13-23(27(32)29(25)34)24-14-16-26(30(35)28(24)33)40-31(36,37)18-39-22-11-5-19(2)6-12-22/h13-16,19-22H,3-12,17-18H2,1-2H3. The molecule has 222 valence electrons. The van der Waals surface area contributed by atoms with Crippen LogP contribution in [0, 0.1) is 41.0 Å². The molecular weight excluding hydrogens is 534 g/mol. The molecule has 0 amide bonds. The van der Waals surface area contributed by atoms with Gasteiger partial charge in [0, 0.05) is 11.1 Å². The molecule has 0 radical (unpaired) electrons. The van der Waals surface area contributed by atoms with Crippen LogP contribution in [0.25, 0.3) is 11.1 Å². The van der Waals surface area contributed by atoms with Crippen molar-refractivity contribution in [2.24, 2.45) is 17.8 Å². The second-order valence-electron chi connectivity index (χ2n) is 11.4. The van der Waals surface area contributed by atoms with Crippen LogP contribution in [0.4, 0.5) is 26.3 Å². The van der Waals surface area contributed by atoms with Gasteiger partial charge in [0.1, 0.15) is 0 Å². The summed E-state index contributed by atoms with van der Waals surface area (Å²) in [6.45, 7) is 3.36. The number of alkyl halides is 2. The minimum absolute atomic E-state index is 0.237. The zero-order chi connectivity index (χ0) is 28.9. The zero-order valence-electron chi connectivity index (χ0n) is 23.1. The van der Waals surface area contributed by atoms with Gasteiger partial charge in [-0.25, -0.2) is 8.78 Å². The molecule has 2 aliphatic carbocycles. The number of halogens is 6. The predicted molar refractivity (Wildman–Crippen MR) is 141 cm³/mol. The van der Waals surface area contributed by atoms with Crippen LogP contribution < -0.4 is 9.47 Å². The van der Waals surface area contributed by atoms with Crippen molar-refractivity contribution in [2.75, 3.05) is 13.2 Å². The third-order valence-corrected chi connectivity index (χ3v) is 8.23. The second kappa shape index (κ2) is 13.5. The van der Waals surface area contributed by atoms with E-state index in [0.29, 0.717) is 24.7 Å². The van der Waals surface area contributed by atoms with E-state index < -0.39 is 52.9 Å². The Morgan fingerprint density at radius 1 is 0.725 bits per heavy atom. The maximum absolute atomic E-state index is 14.9. The van der Waals surface area contributed by atoms with Crippen LogP contribution in [0.15, 0.2) is 24.3 Å². The largest absolute Gasteiger partial charge is 0.490 e. The van der Waals surface area contributed by atoms with Gasteiger partial charge < -0.3 is 14.2 Å². The lowest BCUT2D eigenvalue weighted by Crippen LogP contribution is -2.34. The molecule has 2 aliphatic rings. The lowest BCUT2D eigenvalue weighted by atomic mass is 9.80. The summed E-state index contributed by atoms with van der Waals surface area (Å²) in [5.74, 6) is -6.03. The van der Waals surface area contributed by atoms with Crippen molar-refractivity contribution < 1.29 is 40.6 Å². The summed E-state index contributed by atoms with van der Waals surface area (Å²) in [5.41, 5.74) is -1.19. The number of hydrogen-bond donors (Lipinski definition) is 0. The summed E-state index contributed by atoms with van der Waals surface area (Å²) in [5, 5.41) is 0. The number of benzene rings is 2. The summed E-state index contributed by atoms with van der Waals surface area (Å²) < 4.78 is 103. The van der Waals surface area contributed by atoms with Gasteiger partial charge in [0.2, 0.25) is 11.6 Å². The first-order valence-corrected chi connectivity index (χ1v) is 14.4. The normalized spacial score (nSPS) is 23.7. The van der Waals surface area contributed by atoms with Crippen molar-refractivity contribution in [2.45, 2.75) is 90.3 Å². The van der Waals surface area contributed by atoms with E-state index in [-0.39, 0.29) is 24.4 Å². The molecule has 2 fully saturated rings. The Kier molecular flexibility index (Phi) is 10.3. The first-order chi connectivity index (χ1) is 19.1. The van der Waals surface area contributed by atoms with E-state index in [9.17, 15) is 26.3 Å². The molecule has 40 heavy (non-hydrogen) atoms. The van der Waals surface area contributed by atoms with Gasteiger partial charge >= 0.3 is 6.11 Å². The van der Waals surface area contributed by atoms with Crippen LogP contribution >= 0.6 is 0 Å². The van der Waals surface area contributed by atoms with E-state index in [1.165, 1.54) is 6.42 Å². The van der Waals surface area contributed by atoms with Crippen LogP contribution in [-0.4, -0.2) is 25.4 Å². The fourth-order valence-electron chi connectivity index (χ4n) is 5.77. The molecule has 2 saturated carbocycles. The third kappa shape index (κ3) is 7.65. The number of ether oxygens (including phenoxy) is 3. The smallest absolute Gasteiger partial charge is 0.422 e. The molecule has 0 aromatic heterocycles. The molecule has 0 heterocycles. The van der Waals surface area contributed by atoms with E-state index >= 15 is 0 Å².